The Balaban J connectivity index is 1.27. The molecule has 3 aromatic heterocycles. The third kappa shape index (κ3) is 4.21. The van der Waals surface area contributed by atoms with Crippen LogP contribution in [-0.2, 0) is 20.0 Å². The molecule has 0 saturated heterocycles. The molecule has 1 aromatic carbocycles. The minimum Gasteiger partial charge on any atom is -0.462 e. The highest BCUT2D eigenvalue weighted by Crippen LogP contribution is 2.37. The van der Waals surface area contributed by atoms with Gasteiger partial charge in [-0.1, -0.05) is 18.2 Å². The summed E-state index contributed by atoms with van der Waals surface area (Å²) in [5.41, 5.74) is 2.68. The molecule has 0 amide bonds. The number of sulfonamides is 1. The molecule has 0 unspecified atom stereocenters. The van der Waals surface area contributed by atoms with Crippen molar-refractivity contribution in [2.75, 3.05) is 0 Å². The number of pyridine rings is 1. The Bertz CT molecular complexity index is 1480. The average molecular weight is 486 g/mol. The van der Waals surface area contributed by atoms with E-state index in [9.17, 15) is 16.8 Å². The molecule has 1 fully saturated rings. The van der Waals surface area contributed by atoms with Gasteiger partial charge in [-0.3, -0.25) is 4.98 Å². The Morgan fingerprint density at radius 2 is 1.67 bits per heavy atom. The van der Waals surface area contributed by atoms with E-state index in [4.69, 9.17) is 4.42 Å². The van der Waals surface area contributed by atoms with Crippen molar-refractivity contribution in [2.24, 2.45) is 0 Å². The molecule has 1 aliphatic carbocycles. The number of nitrogens with zero attached hydrogens (tertiary/aromatic N) is 2. The summed E-state index contributed by atoms with van der Waals surface area (Å²) in [5, 5.41) is 0. The fraction of sp³-hybridized carbons (Fsp3) is 0.261. The van der Waals surface area contributed by atoms with E-state index in [-0.39, 0.29) is 21.8 Å². The van der Waals surface area contributed by atoms with E-state index in [2.05, 4.69) is 9.71 Å². The number of rotatable bonds is 6. The maximum atomic E-state index is 12.9. The molecule has 33 heavy (non-hydrogen) atoms. The molecule has 3 heterocycles. The fourth-order valence-electron chi connectivity index (χ4n) is 4.37. The highest BCUT2D eigenvalue weighted by molar-refractivity contribution is 7.90. The predicted molar refractivity (Wildman–Crippen MR) is 123 cm³/mol. The van der Waals surface area contributed by atoms with Crippen LogP contribution in [0.3, 0.4) is 0 Å². The zero-order valence-electron chi connectivity index (χ0n) is 17.7. The number of hydrogen-bond donors (Lipinski definition) is 1. The van der Waals surface area contributed by atoms with Crippen molar-refractivity contribution in [3.8, 4) is 0 Å². The number of benzene rings is 1. The van der Waals surface area contributed by atoms with Crippen LogP contribution in [0.5, 0.6) is 0 Å². The first-order chi connectivity index (χ1) is 15.8. The SMILES string of the molecule is O=S(=O)(N[C@H]1CC[C@H](c2coc3cccnc32)CC1)c1ccn(S(=O)(=O)c2ccccc2)c1. The second-order valence-electron chi connectivity index (χ2n) is 8.21. The van der Waals surface area contributed by atoms with Crippen LogP contribution in [0.2, 0.25) is 0 Å². The van der Waals surface area contributed by atoms with Crippen molar-refractivity contribution in [3.05, 3.63) is 78.9 Å². The van der Waals surface area contributed by atoms with E-state index in [1.165, 1.54) is 24.4 Å². The molecule has 1 saturated carbocycles. The Hall–Kier alpha value is -2.95. The van der Waals surface area contributed by atoms with Gasteiger partial charge in [-0.05, 0) is 61.9 Å². The zero-order chi connectivity index (χ0) is 23.1. The van der Waals surface area contributed by atoms with E-state index in [0.29, 0.717) is 12.8 Å². The van der Waals surface area contributed by atoms with Crippen LogP contribution in [0.15, 0.2) is 87.6 Å². The van der Waals surface area contributed by atoms with E-state index >= 15 is 0 Å². The average Bonchev–Trinajstić information content (AvgIpc) is 3.49. The van der Waals surface area contributed by atoms with Gasteiger partial charge in [0.25, 0.3) is 10.0 Å². The highest BCUT2D eigenvalue weighted by atomic mass is 32.2. The molecule has 0 bridgehead atoms. The van der Waals surface area contributed by atoms with Gasteiger partial charge in [0.05, 0.1) is 11.2 Å². The minimum atomic E-state index is -3.85. The minimum absolute atomic E-state index is 0.0749. The summed E-state index contributed by atoms with van der Waals surface area (Å²) >= 11 is 0. The highest BCUT2D eigenvalue weighted by Gasteiger charge is 2.29. The van der Waals surface area contributed by atoms with Gasteiger partial charge < -0.3 is 4.42 Å². The van der Waals surface area contributed by atoms with E-state index in [1.807, 2.05) is 12.1 Å². The van der Waals surface area contributed by atoms with Crippen LogP contribution in [-0.4, -0.2) is 31.8 Å². The third-order valence-electron chi connectivity index (χ3n) is 6.11. The zero-order valence-corrected chi connectivity index (χ0v) is 19.3. The van der Waals surface area contributed by atoms with Crippen LogP contribution in [0.1, 0.15) is 37.2 Å². The van der Waals surface area contributed by atoms with Gasteiger partial charge in [0, 0.05) is 30.2 Å². The fourth-order valence-corrected chi connectivity index (χ4v) is 6.95. The molecule has 0 aliphatic heterocycles. The molecule has 5 rings (SSSR count). The quantitative estimate of drug-likeness (QED) is 0.444. The lowest BCUT2D eigenvalue weighted by atomic mass is 9.82. The molecule has 172 valence electrons. The molecule has 0 radical (unpaired) electrons. The first-order valence-electron chi connectivity index (χ1n) is 10.7. The lowest BCUT2D eigenvalue weighted by Crippen LogP contribution is -2.37. The summed E-state index contributed by atoms with van der Waals surface area (Å²) in [6.07, 6.45) is 8.85. The number of aromatic nitrogens is 2. The standard InChI is InChI=1S/C23H23N3O5S2/c27-32(28,20-12-14-26(15-20)33(29,30)19-5-2-1-3-6-19)25-18-10-8-17(9-11-18)21-16-31-22-7-4-13-24-23(21)22/h1-7,12-18,25H,8-11H2/t17-,18-. The molecule has 8 nitrogen and oxygen atoms in total. The molecule has 4 aromatic rings. The molecule has 0 spiro atoms. The summed E-state index contributed by atoms with van der Waals surface area (Å²) in [4.78, 5) is 4.44. The lowest BCUT2D eigenvalue weighted by molar-refractivity contribution is 0.373. The second kappa shape index (κ2) is 8.44. The molecular weight excluding hydrogens is 462 g/mol. The lowest BCUT2D eigenvalue weighted by Gasteiger charge is -2.28. The second-order valence-corrected chi connectivity index (χ2v) is 11.8. The van der Waals surface area contributed by atoms with Crippen LogP contribution < -0.4 is 4.72 Å². The van der Waals surface area contributed by atoms with E-state index in [0.717, 1.165) is 39.7 Å². The van der Waals surface area contributed by atoms with Crippen LogP contribution in [0.25, 0.3) is 11.1 Å². The van der Waals surface area contributed by atoms with E-state index < -0.39 is 20.0 Å². The number of fused-ring (bicyclic) bond motifs is 1. The molecule has 1 N–H and O–H groups in total. The van der Waals surface area contributed by atoms with Gasteiger partial charge in [-0.25, -0.2) is 25.5 Å². The maximum Gasteiger partial charge on any atom is 0.267 e. The van der Waals surface area contributed by atoms with Crippen LogP contribution in [0.4, 0.5) is 0 Å². The smallest absolute Gasteiger partial charge is 0.267 e. The Morgan fingerprint density at radius 1 is 0.909 bits per heavy atom. The van der Waals surface area contributed by atoms with Gasteiger partial charge in [-0.15, -0.1) is 0 Å². The normalized spacial score (nSPS) is 19.6. The van der Waals surface area contributed by atoms with Crippen molar-refractivity contribution in [2.45, 2.75) is 47.4 Å². The van der Waals surface area contributed by atoms with Gasteiger partial charge >= 0.3 is 0 Å². The summed E-state index contributed by atoms with van der Waals surface area (Å²) in [6, 6.07) is 12.7. The van der Waals surface area contributed by atoms with E-state index in [1.54, 1.807) is 30.7 Å². The summed E-state index contributed by atoms with van der Waals surface area (Å²) in [6.45, 7) is 0. The van der Waals surface area contributed by atoms with Crippen molar-refractivity contribution in [1.82, 2.24) is 13.7 Å². The summed E-state index contributed by atoms with van der Waals surface area (Å²) < 4.78 is 60.6. The predicted octanol–water partition coefficient (Wildman–Crippen LogP) is 3.87. The van der Waals surface area contributed by atoms with Gasteiger partial charge in [-0.2, -0.15) is 0 Å². The van der Waals surface area contributed by atoms with Crippen molar-refractivity contribution >= 4 is 31.1 Å². The summed E-state index contributed by atoms with van der Waals surface area (Å²) in [7, 11) is -7.71. The first kappa shape index (κ1) is 21.9. The molecule has 1 aliphatic rings. The molecular formula is C23H23N3O5S2. The topological polar surface area (TPSA) is 111 Å². The van der Waals surface area contributed by atoms with Gasteiger partial charge in [0.1, 0.15) is 10.4 Å². The molecule has 10 heteroatoms. The number of furan rings is 1. The largest absolute Gasteiger partial charge is 0.462 e. The Kier molecular flexibility index (Phi) is 5.59. The monoisotopic (exact) mass is 485 g/mol. The van der Waals surface area contributed by atoms with Crippen molar-refractivity contribution in [3.63, 3.8) is 0 Å². The molecule has 0 atom stereocenters. The van der Waals surface area contributed by atoms with Crippen LogP contribution in [0, 0.1) is 0 Å². The summed E-state index contributed by atoms with van der Waals surface area (Å²) in [5.74, 6) is 0.263. The Morgan fingerprint density at radius 3 is 2.42 bits per heavy atom. The van der Waals surface area contributed by atoms with Crippen molar-refractivity contribution < 1.29 is 21.3 Å². The number of nitrogens with one attached hydrogen (secondary N) is 1. The Labute approximate surface area is 192 Å². The van der Waals surface area contributed by atoms with Gasteiger partial charge in [0.15, 0.2) is 5.58 Å². The number of hydrogen-bond acceptors (Lipinski definition) is 6. The van der Waals surface area contributed by atoms with Crippen LogP contribution >= 0.6 is 0 Å². The maximum absolute atomic E-state index is 12.9. The third-order valence-corrected chi connectivity index (χ3v) is 9.27. The van der Waals surface area contributed by atoms with Crippen molar-refractivity contribution in [1.29, 1.82) is 0 Å². The first-order valence-corrected chi connectivity index (χ1v) is 13.6. The van der Waals surface area contributed by atoms with Gasteiger partial charge in [0.2, 0.25) is 10.0 Å².